The lowest BCUT2D eigenvalue weighted by molar-refractivity contribution is 0.394. The number of rotatable bonds is 5. The Labute approximate surface area is 127 Å². The van der Waals surface area contributed by atoms with Crippen LogP contribution in [0.3, 0.4) is 0 Å². The molecule has 0 aliphatic carbocycles. The molecule has 2 aromatic rings. The fraction of sp³-hybridized carbons (Fsp3) is 0.231. The first-order valence-electron chi connectivity index (χ1n) is 6.01. The van der Waals surface area contributed by atoms with Crippen LogP contribution < -0.4 is 14.2 Å². The van der Waals surface area contributed by atoms with E-state index in [2.05, 4.69) is 0 Å². The molecule has 3 N–H and O–H groups in total. The van der Waals surface area contributed by atoms with Gasteiger partial charge in [-0.3, -0.25) is 4.72 Å². The molecule has 0 atom stereocenters. The van der Waals surface area contributed by atoms with E-state index >= 15 is 0 Å². The first kappa shape index (κ1) is 15.8. The van der Waals surface area contributed by atoms with Crippen LogP contribution in [-0.4, -0.2) is 39.1 Å². The van der Waals surface area contributed by atoms with E-state index in [0.717, 1.165) is 6.26 Å². The second kappa shape index (κ2) is 5.68. The number of nitrogens with one attached hydrogen (secondary N) is 1. The lowest BCUT2D eigenvalue weighted by Gasteiger charge is -2.07. The highest BCUT2D eigenvalue weighted by Crippen LogP contribution is 2.46. The zero-order chi connectivity index (χ0) is 16.5. The SMILES string of the molecule is COc1cc(OC)cc(-c2oc(NS(C)(=O)=O)c(O)c2O)c1. The molecule has 1 heterocycles. The Morgan fingerprint density at radius 1 is 1.05 bits per heavy atom. The van der Waals surface area contributed by atoms with Crippen molar-refractivity contribution in [2.45, 2.75) is 0 Å². The molecular formula is C13H15NO7S. The van der Waals surface area contributed by atoms with Gasteiger partial charge in [-0.15, -0.1) is 0 Å². The van der Waals surface area contributed by atoms with Crippen LogP contribution >= 0.6 is 0 Å². The fourth-order valence-electron chi connectivity index (χ4n) is 1.79. The van der Waals surface area contributed by atoms with E-state index in [0.29, 0.717) is 17.1 Å². The number of benzene rings is 1. The van der Waals surface area contributed by atoms with Gasteiger partial charge in [0.25, 0.3) is 5.88 Å². The molecule has 1 aromatic carbocycles. The number of aromatic hydroxyl groups is 2. The first-order chi connectivity index (χ1) is 10.2. The van der Waals surface area contributed by atoms with E-state index in [1.807, 2.05) is 4.72 Å². The summed E-state index contributed by atoms with van der Waals surface area (Å²) in [6.45, 7) is 0. The summed E-state index contributed by atoms with van der Waals surface area (Å²) in [4.78, 5) is 0. The van der Waals surface area contributed by atoms with Crippen LogP contribution in [0.4, 0.5) is 5.88 Å². The maximum atomic E-state index is 11.2. The van der Waals surface area contributed by atoms with Crippen molar-refractivity contribution < 1.29 is 32.5 Å². The Bertz CT molecular complexity index is 773. The van der Waals surface area contributed by atoms with Gasteiger partial charge in [0.2, 0.25) is 21.5 Å². The summed E-state index contributed by atoms with van der Waals surface area (Å²) in [6, 6.07) is 4.68. The summed E-state index contributed by atoms with van der Waals surface area (Å²) in [5.74, 6) is -1.04. The quantitative estimate of drug-likeness (QED) is 0.764. The van der Waals surface area contributed by atoms with E-state index in [1.54, 1.807) is 6.07 Å². The number of anilines is 1. The number of furan rings is 1. The first-order valence-corrected chi connectivity index (χ1v) is 7.90. The van der Waals surface area contributed by atoms with Crippen molar-refractivity contribution in [2.24, 2.45) is 0 Å². The van der Waals surface area contributed by atoms with Gasteiger partial charge in [0.05, 0.1) is 20.5 Å². The molecule has 0 saturated carbocycles. The Morgan fingerprint density at radius 3 is 2.05 bits per heavy atom. The van der Waals surface area contributed by atoms with Gasteiger partial charge < -0.3 is 24.1 Å². The highest BCUT2D eigenvalue weighted by molar-refractivity contribution is 7.92. The minimum absolute atomic E-state index is 0.124. The summed E-state index contributed by atoms with van der Waals surface area (Å²) in [6.07, 6.45) is 0.889. The molecule has 0 fully saturated rings. The van der Waals surface area contributed by atoms with Crippen molar-refractivity contribution in [2.75, 3.05) is 25.2 Å². The smallest absolute Gasteiger partial charge is 0.253 e. The Morgan fingerprint density at radius 2 is 1.59 bits per heavy atom. The van der Waals surface area contributed by atoms with Gasteiger partial charge in [-0.1, -0.05) is 0 Å². The molecule has 0 bridgehead atoms. The van der Waals surface area contributed by atoms with Gasteiger partial charge in [0.15, 0.2) is 5.76 Å². The van der Waals surface area contributed by atoms with Gasteiger partial charge in [0.1, 0.15) is 11.5 Å². The van der Waals surface area contributed by atoms with Crippen LogP contribution in [-0.2, 0) is 10.0 Å². The molecule has 0 aliphatic rings. The predicted molar refractivity (Wildman–Crippen MR) is 79.0 cm³/mol. The number of hydrogen-bond acceptors (Lipinski definition) is 7. The molecule has 0 radical (unpaired) electrons. The van der Waals surface area contributed by atoms with Crippen molar-refractivity contribution in [3.05, 3.63) is 18.2 Å². The summed E-state index contributed by atoms with van der Waals surface area (Å²) in [7, 11) is -0.769. The van der Waals surface area contributed by atoms with Crippen LogP contribution in [0.2, 0.25) is 0 Å². The lowest BCUT2D eigenvalue weighted by Crippen LogP contribution is -2.08. The summed E-state index contributed by atoms with van der Waals surface area (Å²) in [5, 5.41) is 19.7. The molecule has 8 nitrogen and oxygen atoms in total. The Hall–Kier alpha value is -2.55. The van der Waals surface area contributed by atoms with Crippen LogP contribution in [0.5, 0.6) is 23.0 Å². The molecule has 0 spiro atoms. The molecule has 120 valence electrons. The second-order valence-electron chi connectivity index (χ2n) is 4.43. The molecule has 22 heavy (non-hydrogen) atoms. The van der Waals surface area contributed by atoms with Gasteiger partial charge in [-0.25, -0.2) is 8.42 Å². The largest absolute Gasteiger partial charge is 0.502 e. The molecule has 0 saturated heterocycles. The monoisotopic (exact) mass is 329 g/mol. The summed E-state index contributed by atoms with van der Waals surface area (Å²) in [5.41, 5.74) is 0.338. The topological polar surface area (TPSA) is 118 Å². The lowest BCUT2D eigenvalue weighted by atomic mass is 10.1. The molecule has 1 aromatic heterocycles. The van der Waals surface area contributed by atoms with Crippen molar-refractivity contribution in [3.63, 3.8) is 0 Å². The van der Waals surface area contributed by atoms with Gasteiger partial charge in [0, 0.05) is 11.6 Å². The molecule has 0 amide bonds. The standard InChI is InChI=1S/C13H15NO7S/c1-19-8-4-7(5-9(6-8)20-2)12-10(15)11(16)13(21-12)14-22(3,17)18/h4-6,14-16H,1-3H3. The minimum atomic E-state index is -3.68. The van der Waals surface area contributed by atoms with Crippen molar-refractivity contribution >= 4 is 15.9 Å². The maximum Gasteiger partial charge on any atom is 0.253 e. The van der Waals surface area contributed by atoms with Crippen LogP contribution in [0.15, 0.2) is 22.6 Å². The number of methoxy groups -OCH3 is 2. The highest BCUT2D eigenvalue weighted by atomic mass is 32.2. The fourth-order valence-corrected chi connectivity index (χ4v) is 2.26. The van der Waals surface area contributed by atoms with Gasteiger partial charge in [-0.2, -0.15) is 0 Å². The van der Waals surface area contributed by atoms with Gasteiger partial charge >= 0.3 is 0 Å². The third kappa shape index (κ3) is 3.19. The Kier molecular flexibility index (Phi) is 4.09. The summed E-state index contributed by atoms with van der Waals surface area (Å²) >= 11 is 0. The van der Waals surface area contributed by atoms with Crippen molar-refractivity contribution in [1.29, 1.82) is 0 Å². The predicted octanol–water partition coefficient (Wildman–Crippen LogP) is 1.75. The van der Waals surface area contributed by atoms with E-state index in [9.17, 15) is 18.6 Å². The maximum absolute atomic E-state index is 11.2. The molecule has 0 aliphatic heterocycles. The number of sulfonamides is 1. The minimum Gasteiger partial charge on any atom is -0.502 e. The molecular weight excluding hydrogens is 314 g/mol. The zero-order valence-electron chi connectivity index (χ0n) is 12.1. The molecule has 0 unspecified atom stereocenters. The highest BCUT2D eigenvalue weighted by Gasteiger charge is 2.23. The van der Waals surface area contributed by atoms with Crippen molar-refractivity contribution in [3.8, 4) is 34.3 Å². The van der Waals surface area contributed by atoms with Crippen molar-refractivity contribution in [1.82, 2.24) is 0 Å². The summed E-state index contributed by atoms with van der Waals surface area (Å²) < 4.78 is 39.8. The normalized spacial score (nSPS) is 11.2. The molecule has 2 rings (SSSR count). The second-order valence-corrected chi connectivity index (χ2v) is 6.18. The molecule has 9 heteroatoms. The third-order valence-corrected chi connectivity index (χ3v) is 3.31. The third-order valence-electron chi connectivity index (χ3n) is 2.75. The van der Waals surface area contributed by atoms with Crippen LogP contribution in [0, 0.1) is 0 Å². The van der Waals surface area contributed by atoms with Crippen LogP contribution in [0.1, 0.15) is 0 Å². The van der Waals surface area contributed by atoms with E-state index in [-0.39, 0.29) is 5.76 Å². The average molecular weight is 329 g/mol. The Balaban J connectivity index is 2.56. The van der Waals surface area contributed by atoms with E-state index < -0.39 is 27.4 Å². The van der Waals surface area contributed by atoms with E-state index in [4.69, 9.17) is 13.9 Å². The number of hydrogen-bond donors (Lipinski definition) is 3. The average Bonchev–Trinajstić information content (AvgIpc) is 2.73. The van der Waals surface area contributed by atoms with Crippen LogP contribution in [0.25, 0.3) is 11.3 Å². The number of ether oxygens (including phenoxy) is 2. The zero-order valence-corrected chi connectivity index (χ0v) is 12.9. The van der Waals surface area contributed by atoms with Gasteiger partial charge in [-0.05, 0) is 12.1 Å². The van der Waals surface area contributed by atoms with E-state index in [1.165, 1.54) is 26.4 Å².